The minimum Gasteiger partial charge on any atom is -0.497 e. The molecule has 114 valence electrons. The molecular weight excluding hydrogens is 289 g/mol. The van der Waals surface area contributed by atoms with Gasteiger partial charge in [0.05, 0.1) is 13.5 Å². The molecule has 0 saturated heterocycles. The van der Waals surface area contributed by atoms with E-state index in [4.69, 9.17) is 4.74 Å². The van der Waals surface area contributed by atoms with Crippen LogP contribution in [0.2, 0.25) is 0 Å². The van der Waals surface area contributed by atoms with E-state index in [1.54, 1.807) is 12.1 Å². The van der Waals surface area contributed by atoms with Crippen LogP contribution in [0.4, 0.5) is 13.2 Å². The number of ether oxygens (including phenoxy) is 1. The van der Waals surface area contributed by atoms with Crippen molar-refractivity contribution in [2.75, 3.05) is 7.11 Å². The van der Waals surface area contributed by atoms with Gasteiger partial charge in [0.1, 0.15) is 5.75 Å². The van der Waals surface area contributed by atoms with Crippen LogP contribution in [-0.2, 0) is 4.79 Å². The van der Waals surface area contributed by atoms with Crippen LogP contribution >= 0.6 is 0 Å². The molecule has 21 heavy (non-hydrogen) atoms. The standard InChI is InChI=1S/C13H13F3N2O3/c1-8(7-11(19)13(14,15)16)17-18-12(20)9-3-5-10(21-2)6-4-9/h3-6H,7H2,1-2H3,(H,18,20)/b17-8+. The Morgan fingerprint density at radius 1 is 1.24 bits per heavy atom. The number of rotatable bonds is 5. The van der Waals surface area contributed by atoms with E-state index < -0.39 is 24.3 Å². The fourth-order valence-electron chi connectivity index (χ4n) is 1.33. The van der Waals surface area contributed by atoms with Gasteiger partial charge in [0.25, 0.3) is 5.91 Å². The lowest BCUT2D eigenvalue weighted by Crippen LogP contribution is -2.26. The quantitative estimate of drug-likeness (QED) is 0.670. The molecule has 1 rings (SSSR count). The highest BCUT2D eigenvalue weighted by Gasteiger charge is 2.38. The molecule has 5 nitrogen and oxygen atoms in total. The Balaban J connectivity index is 2.62. The minimum absolute atomic E-state index is 0.140. The summed E-state index contributed by atoms with van der Waals surface area (Å²) in [6, 6.07) is 6.05. The predicted molar refractivity (Wildman–Crippen MR) is 69.2 cm³/mol. The first-order chi connectivity index (χ1) is 9.74. The van der Waals surface area contributed by atoms with Gasteiger partial charge in [-0.2, -0.15) is 18.3 Å². The fraction of sp³-hybridized carbons (Fsp3) is 0.308. The predicted octanol–water partition coefficient (Wildman–Crippen LogP) is 2.32. The number of nitrogens with one attached hydrogen (secondary N) is 1. The molecule has 0 bridgehead atoms. The number of halogens is 3. The molecule has 0 fully saturated rings. The number of carbonyl (C=O) groups is 2. The molecule has 0 radical (unpaired) electrons. The highest BCUT2D eigenvalue weighted by atomic mass is 19.4. The summed E-state index contributed by atoms with van der Waals surface area (Å²) in [5.41, 5.74) is 2.20. The summed E-state index contributed by atoms with van der Waals surface area (Å²) in [4.78, 5) is 22.4. The molecule has 0 aliphatic heterocycles. The molecule has 1 aromatic rings. The zero-order valence-corrected chi connectivity index (χ0v) is 11.3. The van der Waals surface area contributed by atoms with E-state index >= 15 is 0 Å². The molecule has 0 aliphatic rings. The van der Waals surface area contributed by atoms with Crippen molar-refractivity contribution < 1.29 is 27.5 Å². The third kappa shape index (κ3) is 5.25. The minimum atomic E-state index is -4.91. The number of amides is 1. The van der Waals surface area contributed by atoms with Crippen LogP contribution in [0.1, 0.15) is 23.7 Å². The largest absolute Gasteiger partial charge is 0.497 e. The van der Waals surface area contributed by atoms with Crippen LogP contribution in [0.3, 0.4) is 0 Å². The van der Waals surface area contributed by atoms with Gasteiger partial charge >= 0.3 is 6.18 Å². The molecule has 1 N–H and O–H groups in total. The average Bonchev–Trinajstić information content (AvgIpc) is 2.43. The Hall–Kier alpha value is -2.38. The maximum absolute atomic E-state index is 12.0. The molecule has 0 atom stereocenters. The number of carbonyl (C=O) groups excluding carboxylic acids is 2. The van der Waals surface area contributed by atoms with Gasteiger partial charge in [-0.1, -0.05) is 0 Å². The summed E-state index contributed by atoms with van der Waals surface area (Å²) in [6.45, 7) is 1.22. The molecule has 0 aromatic heterocycles. The molecular formula is C13H13F3N2O3. The van der Waals surface area contributed by atoms with Crippen LogP contribution in [0.5, 0.6) is 5.75 Å². The van der Waals surface area contributed by atoms with E-state index in [9.17, 15) is 22.8 Å². The fourth-order valence-corrected chi connectivity index (χ4v) is 1.33. The van der Waals surface area contributed by atoms with Crippen molar-refractivity contribution in [3.63, 3.8) is 0 Å². The second kappa shape index (κ2) is 6.87. The third-order valence-corrected chi connectivity index (χ3v) is 2.43. The van der Waals surface area contributed by atoms with Crippen molar-refractivity contribution in [3.8, 4) is 5.75 Å². The lowest BCUT2D eigenvalue weighted by atomic mass is 10.2. The maximum atomic E-state index is 12.0. The first-order valence-electron chi connectivity index (χ1n) is 5.81. The topological polar surface area (TPSA) is 67.8 Å². The summed E-state index contributed by atoms with van der Waals surface area (Å²) in [5, 5.41) is 3.46. The number of hydrogen-bond donors (Lipinski definition) is 1. The van der Waals surface area contributed by atoms with E-state index in [0.717, 1.165) is 0 Å². The van der Waals surface area contributed by atoms with Crippen LogP contribution in [-0.4, -0.2) is 30.7 Å². The Bertz CT molecular complexity index is 551. The Morgan fingerprint density at radius 2 is 1.81 bits per heavy atom. The number of methoxy groups -OCH3 is 1. The normalized spacial score (nSPS) is 12.0. The SMILES string of the molecule is COc1ccc(C(=O)N/N=C(\C)CC(=O)C(F)(F)F)cc1. The summed E-state index contributed by atoms with van der Waals surface area (Å²) >= 11 is 0. The van der Waals surface area contributed by atoms with Crippen molar-refractivity contribution in [3.05, 3.63) is 29.8 Å². The highest BCUT2D eigenvalue weighted by molar-refractivity contribution is 6.03. The van der Waals surface area contributed by atoms with Crippen molar-refractivity contribution in [2.24, 2.45) is 5.10 Å². The van der Waals surface area contributed by atoms with Crippen LogP contribution in [0, 0.1) is 0 Å². The Kier molecular flexibility index (Phi) is 5.45. The number of Topliss-reactive ketones (excluding diaryl/α,β-unsaturated/α-hetero) is 1. The Labute approximate surface area is 118 Å². The van der Waals surface area contributed by atoms with Crippen molar-refractivity contribution in [1.82, 2.24) is 5.43 Å². The van der Waals surface area contributed by atoms with Gasteiger partial charge in [-0.15, -0.1) is 0 Å². The van der Waals surface area contributed by atoms with Crippen molar-refractivity contribution in [2.45, 2.75) is 19.5 Å². The third-order valence-electron chi connectivity index (χ3n) is 2.43. The first-order valence-corrected chi connectivity index (χ1v) is 5.81. The van der Waals surface area contributed by atoms with Crippen LogP contribution in [0.25, 0.3) is 0 Å². The molecule has 1 aromatic carbocycles. The molecule has 0 unspecified atom stereocenters. The van der Waals surface area contributed by atoms with E-state index in [-0.39, 0.29) is 11.3 Å². The maximum Gasteiger partial charge on any atom is 0.450 e. The molecule has 1 amide bonds. The number of benzene rings is 1. The van der Waals surface area contributed by atoms with Gasteiger partial charge in [-0.05, 0) is 31.2 Å². The van der Waals surface area contributed by atoms with Crippen LogP contribution in [0.15, 0.2) is 29.4 Å². The molecule has 0 heterocycles. The number of nitrogens with zero attached hydrogens (tertiary/aromatic N) is 1. The van der Waals surface area contributed by atoms with Crippen molar-refractivity contribution in [1.29, 1.82) is 0 Å². The number of hydrogen-bond acceptors (Lipinski definition) is 4. The average molecular weight is 302 g/mol. The van der Waals surface area contributed by atoms with E-state index in [1.165, 1.54) is 26.2 Å². The van der Waals surface area contributed by atoms with E-state index in [2.05, 4.69) is 10.5 Å². The molecule has 0 spiro atoms. The molecule has 0 saturated carbocycles. The van der Waals surface area contributed by atoms with E-state index in [1.807, 2.05) is 0 Å². The number of hydrazone groups is 1. The van der Waals surface area contributed by atoms with Gasteiger partial charge in [0, 0.05) is 11.3 Å². The Morgan fingerprint density at radius 3 is 2.29 bits per heavy atom. The zero-order chi connectivity index (χ0) is 16.0. The van der Waals surface area contributed by atoms with Crippen molar-refractivity contribution >= 4 is 17.4 Å². The molecule has 0 aliphatic carbocycles. The number of alkyl halides is 3. The van der Waals surface area contributed by atoms with E-state index in [0.29, 0.717) is 5.75 Å². The smallest absolute Gasteiger partial charge is 0.450 e. The van der Waals surface area contributed by atoms with Gasteiger partial charge in [-0.25, -0.2) is 5.43 Å². The second-order valence-corrected chi connectivity index (χ2v) is 4.11. The lowest BCUT2D eigenvalue weighted by molar-refractivity contribution is -0.169. The van der Waals surface area contributed by atoms with Gasteiger partial charge < -0.3 is 4.74 Å². The summed E-state index contributed by atoms with van der Waals surface area (Å²) in [5.74, 6) is -1.96. The van der Waals surface area contributed by atoms with Crippen LogP contribution < -0.4 is 10.2 Å². The first kappa shape index (κ1) is 16.7. The summed E-state index contributed by atoms with van der Waals surface area (Å²) in [7, 11) is 1.47. The lowest BCUT2D eigenvalue weighted by Gasteiger charge is -2.05. The summed E-state index contributed by atoms with van der Waals surface area (Å²) < 4.78 is 41.0. The monoisotopic (exact) mass is 302 g/mol. The zero-order valence-electron chi connectivity index (χ0n) is 11.3. The van der Waals surface area contributed by atoms with Gasteiger partial charge in [0.15, 0.2) is 0 Å². The van der Waals surface area contributed by atoms with Gasteiger partial charge in [0.2, 0.25) is 5.78 Å². The number of ketones is 1. The second-order valence-electron chi connectivity index (χ2n) is 4.11. The summed E-state index contributed by atoms with van der Waals surface area (Å²) in [6.07, 6.45) is -5.80. The highest BCUT2D eigenvalue weighted by Crippen LogP contribution is 2.18. The molecule has 8 heteroatoms. The van der Waals surface area contributed by atoms with Gasteiger partial charge in [-0.3, -0.25) is 9.59 Å².